The van der Waals surface area contributed by atoms with Gasteiger partial charge in [-0.3, -0.25) is 14.5 Å². The van der Waals surface area contributed by atoms with Crippen molar-refractivity contribution >= 4 is 29.1 Å². The molecule has 2 saturated heterocycles. The Bertz CT molecular complexity index is 1380. The molecule has 1 atom stereocenters. The van der Waals surface area contributed by atoms with Crippen molar-refractivity contribution in [1.29, 1.82) is 0 Å². The molecule has 0 saturated carbocycles. The lowest BCUT2D eigenvalue weighted by Gasteiger charge is -2.29. The number of ketones is 1. The maximum atomic E-state index is 13.4. The number of amides is 1. The van der Waals surface area contributed by atoms with Crippen molar-refractivity contribution in [1.82, 2.24) is 9.80 Å². The molecule has 0 unspecified atom stereocenters. The highest BCUT2D eigenvalue weighted by atomic mass is 35.5. The molecule has 0 aliphatic carbocycles. The van der Waals surface area contributed by atoms with Crippen molar-refractivity contribution in [2.45, 2.75) is 26.0 Å². The summed E-state index contributed by atoms with van der Waals surface area (Å²) in [4.78, 5) is 30.6. The van der Waals surface area contributed by atoms with Crippen LogP contribution in [0.3, 0.4) is 0 Å². The van der Waals surface area contributed by atoms with E-state index in [0.717, 1.165) is 36.3 Å². The Labute approximate surface area is 239 Å². The van der Waals surface area contributed by atoms with E-state index in [0.29, 0.717) is 49.1 Å². The average Bonchev–Trinajstić information content (AvgIpc) is 3.22. The second-order valence-corrected chi connectivity index (χ2v) is 10.5. The summed E-state index contributed by atoms with van der Waals surface area (Å²) in [5.74, 6) is -0.839. The van der Waals surface area contributed by atoms with Crippen molar-refractivity contribution < 1.29 is 24.2 Å². The zero-order valence-electron chi connectivity index (χ0n) is 22.5. The first kappa shape index (κ1) is 27.9. The standard InChI is InChI=1S/C32H33ClN2O5/c1-22-20-26(40-21-23-6-3-2-4-7-23)12-13-27(22)30(36)28-29(24-8-10-25(33)11-9-24)35(32(38)31(28)37)15-5-14-34-16-18-39-19-17-34/h2-4,6-13,20,29,36H,5,14-19,21H2,1H3/t29-/m0/s1. The van der Waals surface area contributed by atoms with Crippen LogP contribution in [0.2, 0.25) is 5.02 Å². The highest BCUT2D eigenvalue weighted by Crippen LogP contribution is 2.40. The molecule has 208 valence electrons. The molecular formula is C32H33ClN2O5. The zero-order chi connectivity index (χ0) is 28.1. The lowest BCUT2D eigenvalue weighted by molar-refractivity contribution is -0.140. The van der Waals surface area contributed by atoms with E-state index in [1.807, 2.05) is 43.3 Å². The van der Waals surface area contributed by atoms with Crippen molar-refractivity contribution in [2.75, 3.05) is 39.4 Å². The van der Waals surface area contributed by atoms with Gasteiger partial charge in [-0.15, -0.1) is 0 Å². The topological polar surface area (TPSA) is 79.3 Å². The molecule has 0 bridgehead atoms. The normalized spacial score (nSPS) is 19.2. The summed E-state index contributed by atoms with van der Waals surface area (Å²) in [7, 11) is 0. The first-order valence-electron chi connectivity index (χ1n) is 13.5. The van der Waals surface area contributed by atoms with Gasteiger partial charge in [0.05, 0.1) is 24.8 Å². The van der Waals surface area contributed by atoms with E-state index in [1.54, 1.807) is 41.3 Å². The summed E-state index contributed by atoms with van der Waals surface area (Å²) in [6, 6.07) is 21.5. The molecule has 7 nitrogen and oxygen atoms in total. The third-order valence-corrected chi connectivity index (χ3v) is 7.66. The Morgan fingerprint density at radius 2 is 1.73 bits per heavy atom. The van der Waals surface area contributed by atoms with E-state index in [2.05, 4.69) is 4.90 Å². The number of hydrogen-bond donors (Lipinski definition) is 1. The minimum absolute atomic E-state index is 0.0831. The molecule has 8 heteroatoms. The van der Waals surface area contributed by atoms with Gasteiger partial charge in [-0.25, -0.2) is 0 Å². The van der Waals surface area contributed by atoms with E-state index < -0.39 is 17.7 Å². The van der Waals surface area contributed by atoms with Gasteiger partial charge < -0.3 is 19.5 Å². The number of aliphatic hydroxyl groups excluding tert-OH is 1. The third kappa shape index (κ3) is 6.22. The van der Waals surface area contributed by atoms with Crippen LogP contribution in [-0.2, 0) is 20.9 Å². The monoisotopic (exact) mass is 560 g/mol. The SMILES string of the molecule is Cc1cc(OCc2ccccc2)ccc1C(O)=C1C(=O)C(=O)N(CCCN2CCOCC2)[C@H]1c1ccc(Cl)cc1. The van der Waals surface area contributed by atoms with Gasteiger partial charge in [0.25, 0.3) is 11.7 Å². The average molecular weight is 561 g/mol. The molecule has 2 aliphatic rings. The third-order valence-electron chi connectivity index (χ3n) is 7.40. The van der Waals surface area contributed by atoms with Gasteiger partial charge in [-0.2, -0.15) is 0 Å². The number of aliphatic hydroxyl groups is 1. The van der Waals surface area contributed by atoms with Gasteiger partial charge in [-0.1, -0.05) is 54.1 Å². The number of benzene rings is 3. The first-order valence-corrected chi connectivity index (χ1v) is 13.9. The number of likely N-dealkylation sites (tertiary alicyclic amines) is 1. The van der Waals surface area contributed by atoms with Crippen LogP contribution in [0.5, 0.6) is 5.75 Å². The second kappa shape index (κ2) is 12.7. The largest absolute Gasteiger partial charge is 0.507 e. The van der Waals surface area contributed by atoms with Gasteiger partial charge in [0.15, 0.2) is 0 Å². The van der Waals surface area contributed by atoms with Crippen molar-refractivity contribution in [3.8, 4) is 5.75 Å². The van der Waals surface area contributed by atoms with Crippen molar-refractivity contribution in [3.05, 3.63) is 106 Å². The minimum Gasteiger partial charge on any atom is -0.507 e. The molecule has 0 spiro atoms. The number of morpholine rings is 1. The molecule has 5 rings (SSSR count). The molecule has 1 N–H and O–H groups in total. The number of halogens is 1. The molecular weight excluding hydrogens is 528 g/mol. The van der Waals surface area contributed by atoms with Crippen LogP contribution >= 0.6 is 11.6 Å². The number of hydrogen-bond acceptors (Lipinski definition) is 6. The highest BCUT2D eigenvalue weighted by molar-refractivity contribution is 6.46. The molecule has 1 amide bonds. The van der Waals surface area contributed by atoms with Crippen LogP contribution in [0.15, 0.2) is 78.4 Å². The minimum atomic E-state index is -0.713. The van der Waals surface area contributed by atoms with E-state index in [9.17, 15) is 14.7 Å². The molecule has 2 fully saturated rings. The Morgan fingerprint density at radius 1 is 1.00 bits per heavy atom. The molecule has 0 radical (unpaired) electrons. The fraction of sp³-hybridized carbons (Fsp3) is 0.312. The summed E-state index contributed by atoms with van der Waals surface area (Å²) < 4.78 is 11.4. The van der Waals surface area contributed by atoms with Crippen molar-refractivity contribution in [3.63, 3.8) is 0 Å². The van der Waals surface area contributed by atoms with E-state index in [4.69, 9.17) is 21.1 Å². The van der Waals surface area contributed by atoms with Gasteiger partial charge in [0, 0.05) is 36.8 Å². The van der Waals surface area contributed by atoms with Gasteiger partial charge >= 0.3 is 0 Å². The summed E-state index contributed by atoms with van der Waals surface area (Å²) >= 11 is 6.14. The second-order valence-electron chi connectivity index (χ2n) is 10.1. The van der Waals surface area contributed by atoms with Crippen LogP contribution in [0.25, 0.3) is 5.76 Å². The number of Topliss-reactive ketones (excluding diaryl/α,β-unsaturated/α-hetero) is 1. The van der Waals surface area contributed by atoms with Crippen LogP contribution < -0.4 is 4.74 Å². The fourth-order valence-electron chi connectivity index (χ4n) is 5.27. The van der Waals surface area contributed by atoms with Crippen LogP contribution in [0.4, 0.5) is 0 Å². The maximum Gasteiger partial charge on any atom is 0.295 e. The zero-order valence-corrected chi connectivity index (χ0v) is 23.3. The Balaban J connectivity index is 1.42. The van der Waals surface area contributed by atoms with Gasteiger partial charge in [0.1, 0.15) is 18.1 Å². The lowest BCUT2D eigenvalue weighted by Crippen LogP contribution is -2.38. The van der Waals surface area contributed by atoms with Gasteiger partial charge in [0.2, 0.25) is 0 Å². The quantitative estimate of drug-likeness (QED) is 0.215. The van der Waals surface area contributed by atoms with E-state index >= 15 is 0 Å². The number of nitrogens with zero attached hydrogens (tertiary/aromatic N) is 2. The van der Waals surface area contributed by atoms with Crippen molar-refractivity contribution in [2.24, 2.45) is 0 Å². The van der Waals surface area contributed by atoms with Gasteiger partial charge in [-0.05, 0) is 60.4 Å². The predicted molar refractivity (Wildman–Crippen MR) is 154 cm³/mol. The highest BCUT2D eigenvalue weighted by Gasteiger charge is 2.46. The molecule has 3 aromatic rings. The number of carbonyl (C=O) groups excluding carboxylic acids is 2. The lowest BCUT2D eigenvalue weighted by atomic mass is 9.94. The van der Waals surface area contributed by atoms with Crippen LogP contribution in [0, 0.1) is 6.92 Å². The van der Waals surface area contributed by atoms with E-state index in [1.165, 1.54) is 0 Å². The predicted octanol–water partition coefficient (Wildman–Crippen LogP) is 5.37. The fourth-order valence-corrected chi connectivity index (χ4v) is 5.40. The summed E-state index contributed by atoms with van der Waals surface area (Å²) in [5, 5.41) is 12.1. The molecule has 3 aromatic carbocycles. The van der Waals surface area contributed by atoms with E-state index in [-0.39, 0.29) is 11.3 Å². The number of ether oxygens (including phenoxy) is 2. The summed E-state index contributed by atoms with van der Waals surface area (Å²) in [5.41, 5.74) is 3.06. The maximum absolute atomic E-state index is 13.4. The Kier molecular flexibility index (Phi) is 8.85. The molecule has 40 heavy (non-hydrogen) atoms. The molecule has 2 aliphatic heterocycles. The number of aryl methyl sites for hydroxylation is 1. The Morgan fingerprint density at radius 3 is 2.42 bits per heavy atom. The smallest absolute Gasteiger partial charge is 0.295 e. The Hall–Kier alpha value is -3.65. The number of rotatable bonds is 9. The summed E-state index contributed by atoms with van der Waals surface area (Å²) in [6.07, 6.45) is 0.698. The first-order chi connectivity index (χ1) is 19.4. The summed E-state index contributed by atoms with van der Waals surface area (Å²) in [6.45, 7) is 6.54. The van der Waals surface area contributed by atoms with Crippen LogP contribution in [-0.4, -0.2) is 66.0 Å². The molecule has 2 heterocycles. The van der Waals surface area contributed by atoms with Crippen LogP contribution in [0.1, 0.15) is 34.7 Å². The molecule has 0 aromatic heterocycles. The number of carbonyl (C=O) groups is 2.